The second kappa shape index (κ2) is 6.44. The van der Waals surface area contributed by atoms with Crippen LogP contribution in [0, 0.1) is 11.8 Å². The van der Waals surface area contributed by atoms with Gasteiger partial charge in [-0.2, -0.15) is 0 Å². The SMILES string of the molecule is CC(C)CCC1C(O)=C(Br)C(=O)OC1c1ccccc1. The maximum absolute atomic E-state index is 11.8. The predicted molar refractivity (Wildman–Crippen MR) is 81.4 cm³/mol. The number of ether oxygens (including phenoxy) is 1. The van der Waals surface area contributed by atoms with E-state index in [9.17, 15) is 9.90 Å². The molecule has 1 N–H and O–H groups in total. The Labute approximate surface area is 127 Å². The van der Waals surface area contributed by atoms with Gasteiger partial charge < -0.3 is 9.84 Å². The van der Waals surface area contributed by atoms with Crippen molar-refractivity contribution in [3.63, 3.8) is 0 Å². The highest BCUT2D eigenvalue weighted by atomic mass is 79.9. The monoisotopic (exact) mass is 338 g/mol. The molecule has 2 atom stereocenters. The second-order valence-electron chi connectivity index (χ2n) is 5.51. The van der Waals surface area contributed by atoms with Crippen molar-refractivity contribution in [3.8, 4) is 0 Å². The molecule has 3 nitrogen and oxygen atoms in total. The maximum Gasteiger partial charge on any atom is 0.349 e. The third kappa shape index (κ3) is 3.23. The Balaban J connectivity index is 2.31. The summed E-state index contributed by atoms with van der Waals surface area (Å²) < 4.78 is 5.65. The van der Waals surface area contributed by atoms with E-state index in [1.165, 1.54) is 0 Å². The van der Waals surface area contributed by atoms with Crippen LogP contribution in [-0.2, 0) is 9.53 Å². The smallest absolute Gasteiger partial charge is 0.349 e. The molecule has 1 aliphatic heterocycles. The van der Waals surface area contributed by atoms with E-state index in [-0.39, 0.29) is 16.2 Å². The van der Waals surface area contributed by atoms with Crippen LogP contribution in [0.3, 0.4) is 0 Å². The predicted octanol–water partition coefficient (Wildman–Crippen LogP) is 4.50. The molecular weight excluding hydrogens is 320 g/mol. The molecule has 108 valence electrons. The molecule has 0 radical (unpaired) electrons. The third-order valence-electron chi connectivity index (χ3n) is 3.54. The molecule has 0 spiro atoms. The zero-order valence-corrected chi connectivity index (χ0v) is 13.3. The number of hydrogen-bond acceptors (Lipinski definition) is 3. The van der Waals surface area contributed by atoms with Crippen molar-refractivity contribution in [2.45, 2.75) is 32.8 Å². The second-order valence-corrected chi connectivity index (χ2v) is 6.31. The van der Waals surface area contributed by atoms with E-state index < -0.39 is 12.1 Å². The highest BCUT2D eigenvalue weighted by molar-refractivity contribution is 9.12. The number of hydrogen-bond donors (Lipinski definition) is 1. The molecule has 1 aliphatic rings. The summed E-state index contributed by atoms with van der Waals surface area (Å²) in [4.78, 5) is 11.8. The molecule has 2 rings (SSSR count). The number of carbonyl (C=O) groups is 1. The van der Waals surface area contributed by atoms with Crippen LogP contribution in [0.25, 0.3) is 0 Å². The summed E-state index contributed by atoms with van der Waals surface area (Å²) in [5.41, 5.74) is 0.918. The van der Waals surface area contributed by atoms with Gasteiger partial charge in [0, 0.05) is 0 Å². The molecule has 0 saturated carbocycles. The molecule has 1 aromatic carbocycles. The number of aliphatic hydroxyl groups is 1. The quantitative estimate of drug-likeness (QED) is 0.822. The molecule has 0 aliphatic carbocycles. The van der Waals surface area contributed by atoms with E-state index in [4.69, 9.17) is 4.74 Å². The van der Waals surface area contributed by atoms with E-state index in [2.05, 4.69) is 29.8 Å². The van der Waals surface area contributed by atoms with Crippen LogP contribution in [0.15, 0.2) is 40.6 Å². The summed E-state index contributed by atoms with van der Waals surface area (Å²) in [6.45, 7) is 4.28. The summed E-state index contributed by atoms with van der Waals surface area (Å²) in [7, 11) is 0. The Bertz CT molecular complexity index is 508. The van der Waals surface area contributed by atoms with Gasteiger partial charge in [-0.05, 0) is 33.8 Å². The highest BCUT2D eigenvalue weighted by Crippen LogP contribution is 2.41. The number of carbonyl (C=O) groups excluding carboxylic acids is 1. The van der Waals surface area contributed by atoms with Crippen LogP contribution in [0.2, 0.25) is 0 Å². The first-order valence-corrected chi connectivity index (χ1v) is 7.64. The lowest BCUT2D eigenvalue weighted by Gasteiger charge is -2.31. The first-order valence-electron chi connectivity index (χ1n) is 6.85. The fraction of sp³-hybridized carbons (Fsp3) is 0.438. The van der Waals surface area contributed by atoms with Crippen molar-refractivity contribution in [1.82, 2.24) is 0 Å². The topological polar surface area (TPSA) is 46.5 Å². The lowest BCUT2D eigenvalue weighted by atomic mass is 9.86. The van der Waals surface area contributed by atoms with Crippen LogP contribution in [0.5, 0.6) is 0 Å². The normalized spacial score (nSPS) is 23.1. The summed E-state index contributed by atoms with van der Waals surface area (Å²) in [5, 5.41) is 10.3. The summed E-state index contributed by atoms with van der Waals surface area (Å²) in [5.74, 6) is -0.0459. The number of halogens is 1. The van der Waals surface area contributed by atoms with E-state index in [1.807, 2.05) is 30.3 Å². The zero-order valence-electron chi connectivity index (χ0n) is 11.7. The lowest BCUT2D eigenvalue weighted by molar-refractivity contribution is -0.149. The number of aliphatic hydroxyl groups excluding tert-OH is 1. The fourth-order valence-corrected chi connectivity index (χ4v) is 2.79. The van der Waals surface area contributed by atoms with E-state index >= 15 is 0 Å². The maximum atomic E-state index is 11.8. The minimum Gasteiger partial charge on any atom is -0.510 e. The van der Waals surface area contributed by atoms with E-state index in [0.717, 1.165) is 18.4 Å². The first-order chi connectivity index (χ1) is 9.50. The zero-order chi connectivity index (χ0) is 14.7. The average Bonchev–Trinajstić information content (AvgIpc) is 2.44. The van der Waals surface area contributed by atoms with Crippen molar-refractivity contribution in [3.05, 3.63) is 46.1 Å². The lowest BCUT2D eigenvalue weighted by Crippen LogP contribution is -2.28. The Morgan fingerprint density at radius 1 is 1.30 bits per heavy atom. The van der Waals surface area contributed by atoms with Gasteiger partial charge in [0.1, 0.15) is 16.3 Å². The molecule has 4 heteroatoms. The van der Waals surface area contributed by atoms with Gasteiger partial charge in [0.2, 0.25) is 0 Å². The van der Waals surface area contributed by atoms with Crippen LogP contribution in [0.1, 0.15) is 38.4 Å². The van der Waals surface area contributed by atoms with Crippen LogP contribution < -0.4 is 0 Å². The molecule has 0 bridgehead atoms. The Morgan fingerprint density at radius 3 is 2.55 bits per heavy atom. The molecule has 0 amide bonds. The summed E-state index contributed by atoms with van der Waals surface area (Å²) >= 11 is 3.12. The minimum absolute atomic E-state index is 0.107. The third-order valence-corrected chi connectivity index (χ3v) is 4.27. The van der Waals surface area contributed by atoms with Gasteiger partial charge >= 0.3 is 5.97 Å². The number of rotatable bonds is 4. The van der Waals surface area contributed by atoms with Gasteiger partial charge in [0.15, 0.2) is 0 Å². The van der Waals surface area contributed by atoms with Crippen molar-refractivity contribution in [2.24, 2.45) is 11.8 Å². The number of esters is 1. The van der Waals surface area contributed by atoms with E-state index in [0.29, 0.717) is 5.92 Å². The van der Waals surface area contributed by atoms with Crippen LogP contribution >= 0.6 is 15.9 Å². The Kier molecular flexibility index (Phi) is 4.86. The van der Waals surface area contributed by atoms with Crippen molar-refractivity contribution >= 4 is 21.9 Å². The number of benzene rings is 1. The van der Waals surface area contributed by atoms with E-state index in [1.54, 1.807) is 0 Å². The molecule has 0 saturated heterocycles. The van der Waals surface area contributed by atoms with Gasteiger partial charge in [-0.15, -0.1) is 0 Å². The molecule has 2 unspecified atom stereocenters. The Hall–Kier alpha value is -1.29. The molecular formula is C16H19BrO3. The van der Waals surface area contributed by atoms with Gasteiger partial charge in [0.25, 0.3) is 0 Å². The van der Waals surface area contributed by atoms with Gasteiger partial charge in [0.05, 0.1) is 5.92 Å². The standard InChI is InChI=1S/C16H19BrO3/c1-10(2)8-9-12-14(18)13(17)16(19)20-15(12)11-6-4-3-5-7-11/h3-7,10,12,15,18H,8-9H2,1-2H3. The molecule has 1 aromatic rings. The average molecular weight is 339 g/mol. The summed E-state index contributed by atoms with van der Waals surface area (Å²) in [6.07, 6.45) is 1.34. The summed E-state index contributed by atoms with van der Waals surface area (Å²) in [6, 6.07) is 9.59. The fourth-order valence-electron chi connectivity index (χ4n) is 2.40. The highest BCUT2D eigenvalue weighted by Gasteiger charge is 2.37. The Morgan fingerprint density at radius 2 is 1.95 bits per heavy atom. The molecule has 0 aromatic heterocycles. The van der Waals surface area contributed by atoms with Crippen molar-refractivity contribution in [1.29, 1.82) is 0 Å². The minimum atomic E-state index is -0.503. The van der Waals surface area contributed by atoms with Crippen molar-refractivity contribution < 1.29 is 14.6 Å². The van der Waals surface area contributed by atoms with Crippen LogP contribution in [0.4, 0.5) is 0 Å². The van der Waals surface area contributed by atoms with Gasteiger partial charge in [-0.25, -0.2) is 4.79 Å². The van der Waals surface area contributed by atoms with Gasteiger partial charge in [-0.1, -0.05) is 50.6 Å². The first kappa shape index (κ1) is 15.1. The van der Waals surface area contributed by atoms with Crippen LogP contribution in [-0.4, -0.2) is 11.1 Å². The molecule has 1 heterocycles. The van der Waals surface area contributed by atoms with Gasteiger partial charge in [-0.3, -0.25) is 0 Å². The van der Waals surface area contributed by atoms with Crippen molar-refractivity contribution in [2.75, 3.05) is 0 Å². The largest absolute Gasteiger partial charge is 0.510 e. The molecule has 0 fully saturated rings. The molecule has 20 heavy (non-hydrogen) atoms. The number of cyclic esters (lactones) is 1.